The number of hydrogen-bond donors (Lipinski definition) is 0. The molecule has 0 radical (unpaired) electrons. The number of nitrogens with zero attached hydrogens (tertiary/aromatic N) is 4. The lowest BCUT2D eigenvalue weighted by Crippen LogP contribution is -2.24. The van der Waals surface area contributed by atoms with Crippen molar-refractivity contribution < 1.29 is 14.3 Å². The number of unbranched alkanes of at least 4 members (excludes halogenated alkanes) is 1. The van der Waals surface area contributed by atoms with E-state index in [0.29, 0.717) is 46.7 Å². The molecule has 0 unspecified atom stereocenters. The largest absolute Gasteiger partial charge is 0.493 e. The van der Waals surface area contributed by atoms with Crippen LogP contribution >= 0.6 is 11.6 Å². The molecule has 1 amide bonds. The zero-order valence-electron chi connectivity index (χ0n) is 16.3. The van der Waals surface area contributed by atoms with Crippen molar-refractivity contribution in [3.05, 3.63) is 58.9 Å². The lowest BCUT2D eigenvalue weighted by molar-refractivity contribution is 0.0991. The van der Waals surface area contributed by atoms with Crippen molar-refractivity contribution in [2.24, 2.45) is 0 Å². The molecule has 0 saturated carbocycles. The molecule has 1 aliphatic heterocycles. The number of methoxy groups -OCH3 is 1. The van der Waals surface area contributed by atoms with E-state index in [1.807, 2.05) is 24.3 Å². The Bertz CT molecular complexity index is 1030. The maximum absolute atomic E-state index is 12.9. The molecule has 29 heavy (non-hydrogen) atoms. The third kappa shape index (κ3) is 3.78. The van der Waals surface area contributed by atoms with Gasteiger partial charge in [-0.3, -0.25) is 4.79 Å². The summed E-state index contributed by atoms with van der Waals surface area (Å²) in [6, 6.07) is 12.6. The predicted molar refractivity (Wildman–Crippen MR) is 110 cm³/mol. The van der Waals surface area contributed by atoms with Gasteiger partial charge in [0.2, 0.25) is 0 Å². The molecule has 0 atom stereocenters. The van der Waals surface area contributed by atoms with Gasteiger partial charge in [-0.05, 0) is 42.8 Å². The van der Waals surface area contributed by atoms with Crippen LogP contribution in [0, 0.1) is 0 Å². The Hall–Kier alpha value is -3.06. The second-order valence-electron chi connectivity index (χ2n) is 6.69. The Labute approximate surface area is 173 Å². The molecule has 0 spiro atoms. The zero-order chi connectivity index (χ0) is 20.4. The van der Waals surface area contributed by atoms with Gasteiger partial charge in [-0.1, -0.05) is 24.9 Å². The second kappa shape index (κ2) is 8.13. The van der Waals surface area contributed by atoms with Crippen molar-refractivity contribution in [1.82, 2.24) is 15.0 Å². The first kappa shape index (κ1) is 19.3. The van der Waals surface area contributed by atoms with Crippen LogP contribution in [0.5, 0.6) is 11.5 Å². The number of carbonyl (C=O) groups excluding carboxylic acids is 1. The normalized spacial score (nSPS) is 12.9. The lowest BCUT2D eigenvalue weighted by atomic mass is 10.2. The van der Waals surface area contributed by atoms with Gasteiger partial charge in [-0.25, -0.2) is 0 Å². The number of fused-ring (bicyclic) bond motifs is 1. The van der Waals surface area contributed by atoms with Crippen LogP contribution in [0.1, 0.15) is 35.9 Å². The van der Waals surface area contributed by atoms with Crippen LogP contribution in [-0.4, -0.2) is 34.6 Å². The molecule has 1 aliphatic rings. The number of ether oxygens (including phenoxy) is 2. The van der Waals surface area contributed by atoms with Crippen LogP contribution in [0.25, 0.3) is 5.69 Å². The predicted octanol–water partition coefficient (Wildman–Crippen LogP) is 4.27. The van der Waals surface area contributed by atoms with E-state index in [1.165, 1.54) is 4.80 Å². The van der Waals surface area contributed by atoms with E-state index < -0.39 is 0 Å². The molecule has 0 saturated heterocycles. The molecule has 7 nitrogen and oxygen atoms in total. The molecule has 0 bridgehead atoms. The van der Waals surface area contributed by atoms with Gasteiger partial charge >= 0.3 is 0 Å². The fourth-order valence-electron chi connectivity index (χ4n) is 3.13. The molecule has 2 aromatic carbocycles. The topological polar surface area (TPSA) is 69.5 Å². The van der Waals surface area contributed by atoms with Crippen LogP contribution in [0.2, 0.25) is 5.02 Å². The maximum Gasteiger partial charge on any atom is 0.281 e. The summed E-state index contributed by atoms with van der Waals surface area (Å²) in [4.78, 5) is 16.0. The molecule has 8 heteroatoms. The zero-order valence-corrected chi connectivity index (χ0v) is 17.0. The van der Waals surface area contributed by atoms with Gasteiger partial charge in [-0.2, -0.15) is 9.90 Å². The minimum atomic E-state index is -0.193. The summed E-state index contributed by atoms with van der Waals surface area (Å²) in [6.45, 7) is 3.09. The fourth-order valence-corrected chi connectivity index (χ4v) is 3.25. The van der Waals surface area contributed by atoms with Crippen molar-refractivity contribution in [3.63, 3.8) is 0 Å². The third-order valence-electron chi connectivity index (χ3n) is 4.71. The number of amides is 1. The van der Waals surface area contributed by atoms with Crippen molar-refractivity contribution >= 4 is 23.2 Å². The lowest BCUT2D eigenvalue weighted by Gasteiger charge is -2.18. The molecule has 0 aliphatic carbocycles. The molecule has 4 rings (SSSR count). The highest BCUT2D eigenvalue weighted by molar-refractivity contribution is 6.30. The highest BCUT2D eigenvalue weighted by Crippen LogP contribution is 2.35. The highest BCUT2D eigenvalue weighted by atomic mass is 35.5. The van der Waals surface area contributed by atoms with Crippen LogP contribution in [0.4, 0.5) is 5.69 Å². The van der Waals surface area contributed by atoms with Gasteiger partial charge < -0.3 is 14.4 Å². The van der Waals surface area contributed by atoms with Crippen molar-refractivity contribution in [1.29, 1.82) is 0 Å². The van der Waals surface area contributed by atoms with E-state index in [4.69, 9.17) is 21.1 Å². The Balaban J connectivity index is 1.55. The minimum absolute atomic E-state index is 0.193. The molecule has 0 fully saturated rings. The van der Waals surface area contributed by atoms with Crippen LogP contribution in [0.3, 0.4) is 0 Å². The van der Waals surface area contributed by atoms with Crippen LogP contribution in [0.15, 0.2) is 42.5 Å². The first-order valence-electron chi connectivity index (χ1n) is 9.45. The molecule has 1 aromatic heterocycles. The summed E-state index contributed by atoms with van der Waals surface area (Å²) in [6.07, 6.45) is 2.03. The summed E-state index contributed by atoms with van der Waals surface area (Å²) in [5.74, 6) is 1.07. The number of benzene rings is 2. The van der Waals surface area contributed by atoms with Gasteiger partial charge in [0.1, 0.15) is 5.69 Å². The molecule has 3 aromatic rings. The van der Waals surface area contributed by atoms with Gasteiger partial charge in [0.05, 0.1) is 25.9 Å². The number of carbonyl (C=O) groups is 1. The van der Waals surface area contributed by atoms with Crippen LogP contribution in [-0.2, 0) is 6.54 Å². The SMILES string of the molecule is CCCCOc1ccc(N2Cc3nn(-c4ccc(Cl)cc4)nc3C2=O)cc1OC. The molecular formula is C21H21ClN4O3. The molecule has 150 valence electrons. The quantitative estimate of drug-likeness (QED) is 0.542. The van der Waals surface area contributed by atoms with E-state index in [-0.39, 0.29) is 5.91 Å². The molecule has 2 heterocycles. The maximum atomic E-state index is 12.9. The van der Waals surface area contributed by atoms with E-state index >= 15 is 0 Å². The number of rotatable bonds is 7. The Morgan fingerprint density at radius 3 is 2.52 bits per heavy atom. The Kier molecular flexibility index (Phi) is 5.40. The van der Waals surface area contributed by atoms with E-state index in [2.05, 4.69) is 17.1 Å². The summed E-state index contributed by atoms with van der Waals surface area (Å²) in [5.41, 5.74) is 2.44. The van der Waals surface area contributed by atoms with Crippen molar-refractivity contribution in [3.8, 4) is 17.2 Å². The van der Waals surface area contributed by atoms with Crippen LogP contribution < -0.4 is 14.4 Å². The molecular weight excluding hydrogens is 392 g/mol. The minimum Gasteiger partial charge on any atom is -0.493 e. The highest BCUT2D eigenvalue weighted by Gasteiger charge is 2.34. The van der Waals surface area contributed by atoms with Crippen molar-refractivity contribution in [2.45, 2.75) is 26.3 Å². The fraction of sp³-hybridized carbons (Fsp3) is 0.286. The smallest absolute Gasteiger partial charge is 0.281 e. The third-order valence-corrected chi connectivity index (χ3v) is 4.96. The Morgan fingerprint density at radius 2 is 1.83 bits per heavy atom. The number of anilines is 1. The first-order chi connectivity index (χ1) is 14.1. The second-order valence-corrected chi connectivity index (χ2v) is 7.13. The Morgan fingerprint density at radius 1 is 1.07 bits per heavy atom. The summed E-state index contributed by atoms with van der Waals surface area (Å²) >= 11 is 5.93. The van der Waals surface area contributed by atoms with E-state index in [0.717, 1.165) is 18.5 Å². The number of aromatic nitrogens is 3. The average Bonchev–Trinajstić information content (AvgIpc) is 3.28. The molecule has 0 N–H and O–H groups in total. The summed E-state index contributed by atoms with van der Waals surface area (Å²) in [7, 11) is 1.59. The van der Waals surface area contributed by atoms with Gasteiger partial charge in [-0.15, -0.1) is 5.10 Å². The number of halogens is 1. The first-order valence-corrected chi connectivity index (χ1v) is 9.83. The van der Waals surface area contributed by atoms with Gasteiger partial charge in [0.25, 0.3) is 5.91 Å². The van der Waals surface area contributed by atoms with Gasteiger partial charge in [0, 0.05) is 16.8 Å². The standard InChI is InChI=1S/C21H21ClN4O3/c1-3-4-11-29-18-10-9-16(12-19(18)28-2)25-13-17-20(21(25)27)24-26(23-17)15-7-5-14(22)6-8-15/h5-10,12H,3-4,11,13H2,1-2H3. The monoisotopic (exact) mass is 412 g/mol. The van der Waals surface area contributed by atoms with E-state index in [1.54, 1.807) is 30.2 Å². The van der Waals surface area contributed by atoms with Gasteiger partial charge in [0.15, 0.2) is 17.2 Å². The van der Waals surface area contributed by atoms with E-state index in [9.17, 15) is 4.79 Å². The number of hydrogen-bond acceptors (Lipinski definition) is 5. The summed E-state index contributed by atoms with van der Waals surface area (Å²) in [5, 5.41) is 9.48. The van der Waals surface area contributed by atoms with Crippen molar-refractivity contribution in [2.75, 3.05) is 18.6 Å². The summed E-state index contributed by atoms with van der Waals surface area (Å²) < 4.78 is 11.2. The average molecular weight is 413 g/mol.